The summed E-state index contributed by atoms with van der Waals surface area (Å²) in [6, 6.07) is -0.0297. The molecule has 0 spiro atoms. The number of rotatable bonds is 2. The molecular formula is C12H18N4O3. The van der Waals surface area contributed by atoms with Crippen molar-refractivity contribution in [1.29, 1.82) is 0 Å². The van der Waals surface area contributed by atoms with Crippen LogP contribution in [0.1, 0.15) is 29.6 Å². The highest BCUT2D eigenvalue weighted by atomic mass is 16.2. The fourth-order valence-electron chi connectivity index (χ4n) is 2.39. The number of amides is 1. The number of nitrogens with one attached hydrogen (secondary N) is 1. The molecule has 104 valence electrons. The molecule has 1 unspecified atom stereocenters. The van der Waals surface area contributed by atoms with Crippen LogP contribution in [0.4, 0.5) is 0 Å². The number of aromatic nitrogens is 2. The average Bonchev–Trinajstić information content (AvgIpc) is 2.44. The molecule has 1 aromatic heterocycles. The van der Waals surface area contributed by atoms with Crippen molar-refractivity contribution < 1.29 is 4.79 Å². The molecule has 2 rings (SSSR count). The van der Waals surface area contributed by atoms with Crippen LogP contribution in [0.3, 0.4) is 0 Å². The van der Waals surface area contributed by atoms with Crippen LogP contribution >= 0.6 is 0 Å². The molecule has 0 aromatic carbocycles. The van der Waals surface area contributed by atoms with Crippen molar-refractivity contribution in [2.45, 2.75) is 25.3 Å². The lowest BCUT2D eigenvalue weighted by molar-refractivity contribution is 0.0620. The van der Waals surface area contributed by atoms with Crippen LogP contribution in [0.15, 0.2) is 15.8 Å². The second-order valence-corrected chi connectivity index (χ2v) is 4.76. The van der Waals surface area contributed by atoms with E-state index in [0.717, 1.165) is 23.8 Å². The SMILES string of the molecule is Cn1c(=O)[nH]cc(C(=O)N2CCCCC2CN)c1=O. The summed E-state index contributed by atoms with van der Waals surface area (Å²) >= 11 is 0. The first-order chi connectivity index (χ1) is 9.06. The number of carbonyl (C=O) groups is 1. The van der Waals surface area contributed by atoms with Gasteiger partial charge < -0.3 is 15.6 Å². The zero-order chi connectivity index (χ0) is 14.0. The Morgan fingerprint density at radius 1 is 1.47 bits per heavy atom. The van der Waals surface area contributed by atoms with E-state index in [1.54, 1.807) is 4.90 Å². The topological polar surface area (TPSA) is 101 Å². The molecular weight excluding hydrogens is 248 g/mol. The monoisotopic (exact) mass is 266 g/mol. The molecule has 0 aliphatic carbocycles. The maximum atomic E-state index is 12.4. The van der Waals surface area contributed by atoms with Crippen LogP contribution in [-0.2, 0) is 7.05 Å². The van der Waals surface area contributed by atoms with E-state index >= 15 is 0 Å². The Hall–Kier alpha value is -1.89. The lowest BCUT2D eigenvalue weighted by Crippen LogP contribution is -2.49. The maximum absolute atomic E-state index is 12.4. The van der Waals surface area contributed by atoms with Gasteiger partial charge in [0.05, 0.1) is 0 Å². The smallest absolute Gasteiger partial charge is 0.328 e. The van der Waals surface area contributed by atoms with E-state index < -0.39 is 11.2 Å². The summed E-state index contributed by atoms with van der Waals surface area (Å²) in [5.74, 6) is -0.355. The summed E-state index contributed by atoms with van der Waals surface area (Å²) in [6.45, 7) is 0.985. The second kappa shape index (κ2) is 5.40. The number of carbonyl (C=O) groups excluding carboxylic acids is 1. The Morgan fingerprint density at radius 3 is 2.89 bits per heavy atom. The van der Waals surface area contributed by atoms with E-state index in [4.69, 9.17) is 5.73 Å². The van der Waals surface area contributed by atoms with Crippen molar-refractivity contribution in [3.63, 3.8) is 0 Å². The summed E-state index contributed by atoms with van der Waals surface area (Å²) in [5.41, 5.74) is 4.55. The van der Waals surface area contributed by atoms with E-state index in [2.05, 4.69) is 4.98 Å². The molecule has 1 saturated heterocycles. The van der Waals surface area contributed by atoms with Crippen molar-refractivity contribution in [3.05, 3.63) is 32.6 Å². The number of hydrogen-bond acceptors (Lipinski definition) is 4. The first-order valence-corrected chi connectivity index (χ1v) is 6.36. The molecule has 1 atom stereocenters. The van der Waals surface area contributed by atoms with Crippen LogP contribution in [0.25, 0.3) is 0 Å². The minimum Gasteiger partial charge on any atom is -0.334 e. The molecule has 7 heteroatoms. The third kappa shape index (κ3) is 2.46. The lowest BCUT2D eigenvalue weighted by Gasteiger charge is -2.34. The summed E-state index contributed by atoms with van der Waals surface area (Å²) in [5, 5.41) is 0. The second-order valence-electron chi connectivity index (χ2n) is 4.76. The lowest BCUT2D eigenvalue weighted by atomic mass is 10.0. The molecule has 0 saturated carbocycles. The quantitative estimate of drug-likeness (QED) is 0.719. The van der Waals surface area contributed by atoms with Gasteiger partial charge in [-0.15, -0.1) is 0 Å². The molecule has 0 radical (unpaired) electrons. The summed E-state index contributed by atoms with van der Waals surface area (Å²) in [6.07, 6.45) is 3.99. The van der Waals surface area contributed by atoms with E-state index in [9.17, 15) is 14.4 Å². The minimum atomic E-state index is -0.574. The number of nitrogens with zero attached hydrogens (tertiary/aromatic N) is 2. The van der Waals surface area contributed by atoms with Gasteiger partial charge >= 0.3 is 5.69 Å². The molecule has 3 N–H and O–H groups in total. The van der Waals surface area contributed by atoms with Crippen molar-refractivity contribution in [3.8, 4) is 0 Å². The molecule has 1 aromatic rings. The van der Waals surface area contributed by atoms with Gasteiger partial charge in [0.2, 0.25) is 0 Å². The molecule has 2 heterocycles. The zero-order valence-corrected chi connectivity index (χ0v) is 10.9. The number of aromatic amines is 1. The molecule has 19 heavy (non-hydrogen) atoms. The molecule has 1 fully saturated rings. The molecule has 1 amide bonds. The summed E-state index contributed by atoms with van der Waals surface area (Å²) in [4.78, 5) is 39.6. The Balaban J connectivity index is 2.36. The van der Waals surface area contributed by atoms with Gasteiger partial charge in [-0.1, -0.05) is 0 Å². The minimum absolute atomic E-state index is 0.0116. The molecule has 0 bridgehead atoms. The highest BCUT2D eigenvalue weighted by molar-refractivity contribution is 5.93. The Kier molecular flexibility index (Phi) is 3.84. The fourth-order valence-corrected chi connectivity index (χ4v) is 2.39. The van der Waals surface area contributed by atoms with Gasteiger partial charge in [0.25, 0.3) is 11.5 Å². The third-order valence-electron chi connectivity index (χ3n) is 3.57. The van der Waals surface area contributed by atoms with Gasteiger partial charge in [-0.05, 0) is 19.3 Å². The number of H-pyrrole nitrogens is 1. The average molecular weight is 266 g/mol. The first kappa shape index (κ1) is 13.5. The molecule has 1 aliphatic rings. The van der Waals surface area contributed by atoms with E-state index in [-0.39, 0.29) is 17.5 Å². The third-order valence-corrected chi connectivity index (χ3v) is 3.57. The Bertz CT molecular complexity index is 589. The van der Waals surface area contributed by atoms with Crippen LogP contribution in [0.5, 0.6) is 0 Å². The highest BCUT2D eigenvalue weighted by Crippen LogP contribution is 2.17. The van der Waals surface area contributed by atoms with Crippen LogP contribution in [-0.4, -0.2) is 39.5 Å². The standard InChI is InChI=1S/C12H18N4O3/c1-15-10(17)9(7-14-12(15)19)11(18)16-5-3-2-4-8(16)6-13/h7-8H,2-6,13H2,1H3,(H,14,19). The first-order valence-electron chi connectivity index (χ1n) is 6.36. The van der Waals surface area contributed by atoms with Crippen molar-refractivity contribution in [2.24, 2.45) is 12.8 Å². The van der Waals surface area contributed by atoms with Crippen molar-refractivity contribution >= 4 is 5.91 Å². The summed E-state index contributed by atoms with van der Waals surface area (Å²) in [7, 11) is 1.34. The largest absolute Gasteiger partial charge is 0.334 e. The van der Waals surface area contributed by atoms with Crippen LogP contribution in [0.2, 0.25) is 0 Å². The predicted molar refractivity (Wildman–Crippen MR) is 70.0 cm³/mol. The van der Waals surface area contributed by atoms with Crippen molar-refractivity contribution in [1.82, 2.24) is 14.5 Å². The van der Waals surface area contributed by atoms with Gasteiger partial charge in [-0.2, -0.15) is 0 Å². The highest BCUT2D eigenvalue weighted by Gasteiger charge is 2.28. The number of nitrogens with two attached hydrogens (primary N) is 1. The van der Waals surface area contributed by atoms with E-state index in [0.29, 0.717) is 13.1 Å². The predicted octanol–water partition coefficient (Wildman–Crippen LogP) is -0.973. The van der Waals surface area contributed by atoms with E-state index in [1.165, 1.54) is 13.2 Å². The van der Waals surface area contributed by atoms with E-state index in [1.807, 2.05) is 0 Å². The number of piperidine rings is 1. The van der Waals surface area contributed by atoms with Gasteiger partial charge in [-0.25, -0.2) is 4.79 Å². The normalized spacial score (nSPS) is 19.5. The Labute approximate surface area is 110 Å². The molecule has 7 nitrogen and oxygen atoms in total. The zero-order valence-electron chi connectivity index (χ0n) is 10.9. The maximum Gasteiger partial charge on any atom is 0.328 e. The van der Waals surface area contributed by atoms with Gasteiger partial charge in [0, 0.05) is 32.4 Å². The Morgan fingerprint density at radius 2 is 2.21 bits per heavy atom. The van der Waals surface area contributed by atoms with Crippen LogP contribution < -0.4 is 17.0 Å². The van der Waals surface area contributed by atoms with Gasteiger partial charge in [-0.3, -0.25) is 14.2 Å². The van der Waals surface area contributed by atoms with Crippen molar-refractivity contribution in [2.75, 3.05) is 13.1 Å². The van der Waals surface area contributed by atoms with Gasteiger partial charge in [0.15, 0.2) is 0 Å². The fraction of sp³-hybridized carbons (Fsp3) is 0.583. The van der Waals surface area contributed by atoms with Crippen LogP contribution in [0, 0.1) is 0 Å². The molecule has 1 aliphatic heterocycles. The number of likely N-dealkylation sites (tertiary alicyclic amines) is 1. The summed E-state index contributed by atoms with van der Waals surface area (Å²) < 4.78 is 0.897. The number of hydrogen-bond donors (Lipinski definition) is 2. The van der Waals surface area contributed by atoms with Gasteiger partial charge in [0.1, 0.15) is 5.56 Å².